The molecule has 0 aliphatic heterocycles. The largest absolute Gasteiger partial charge is 0.396 e. The second kappa shape index (κ2) is 8.12. The molecular weight excluding hydrogens is 284 g/mol. The van der Waals surface area contributed by atoms with Crippen LogP contribution in [0.2, 0.25) is 0 Å². The van der Waals surface area contributed by atoms with Crippen molar-refractivity contribution in [2.45, 2.75) is 51.0 Å². The molecule has 2 saturated carbocycles. The van der Waals surface area contributed by atoms with Crippen LogP contribution in [0.4, 0.5) is 0 Å². The highest BCUT2D eigenvalue weighted by Gasteiger charge is 2.46. The Morgan fingerprint density at radius 1 is 1.00 bits per heavy atom. The van der Waals surface area contributed by atoms with Crippen molar-refractivity contribution in [2.24, 2.45) is 23.7 Å². The number of hydrogen-bond donors (Lipinski definition) is 2. The summed E-state index contributed by atoms with van der Waals surface area (Å²) < 4.78 is 0. The Kier molecular flexibility index (Phi) is 5.91. The van der Waals surface area contributed by atoms with Gasteiger partial charge in [-0.15, -0.1) is 0 Å². The molecule has 5 atom stereocenters. The van der Waals surface area contributed by atoms with Gasteiger partial charge in [-0.3, -0.25) is 0 Å². The van der Waals surface area contributed by atoms with Crippen LogP contribution in [0.3, 0.4) is 0 Å². The van der Waals surface area contributed by atoms with Gasteiger partial charge in [-0.05, 0) is 49.0 Å². The Bertz CT molecular complexity index is 496. The highest BCUT2D eigenvalue weighted by atomic mass is 16.3. The van der Waals surface area contributed by atoms with Crippen molar-refractivity contribution >= 4 is 6.08 Å². The summed E-state index contributed by atoms with van der Waals surface area (Å²) in [6.07, 6.45) is 12.5. The van der Waals surface area contributed by atoms with Gasteiger partial charge in [0.2, 0.25) is 0 Å². The molecule has 23 heavy (non-hydrogen) atoms. The van der Waals surface area contributed by atoms with E-state index in [0.29, 0.717) is 18.4 Å². The summed E-state index contributed by atoms with van der Waals surface area (Å²) >= 11 is 0. The average Bonchev–Trinajstić information content (AvgIpc) is 3.07. The number of aliphatic hydroxyl groups excluding tert-OH is 2. The average molecular weight is 314 g/mol. The lowest BCUT2D eigenvalue weighted by Gasteiger charge is -2.18. The number of aliphatic hydroxyl groups is 2. The van der Waals surface area contributed by atoms with Crippen LogP contribution in [0.5, 0.6) is 0 Å². The zero-order valence-electron chi connectivity index (χ0n) is 14.0. The molecule has 2 nitrogen and oxygen atoms in total. The molecule has 2 aliphatic rings. The molecule has 0 aromatic heterocycles. The number of benzene rings is 1. The van der Waals surface area contributed by atoms with Crippen LogP contribution < -0.4 is 0 Å². The molecule has 0 radical (unpaired) electrons. The first kappa shape index (κ1) is 16.7. The van der Waals surface area contributed by atoms with E-state index in [-0.39, 0.29) is 6.10 Å². The lowest BCUT2D eigenvalue weighted by molar-refractivity contribution is 0.135. The summed E-state index contributed by atoms with van der Waals surface area (Å²) in [5.41, 5.74) is 1.22. The van der Waals surface area contributed by atoms with Gasteiger partial charge in [0.25, 0.3) is 0 Å². The predicted molar refractivity (Wildman–Crippen MR) is 94.8 cm³/mol. The summed E-state index contributed by atoms with van der Waals surface area (Å²) in [5, 5.41) is 19.3. The van der Waals surface area contributed by atoms with Gasteiger partial charge < -0.3 is 10.2 Å². The fourth-order valence-corrected chi connectivity index (χ4v) is 4.79. The molecule has 1 unspecified atom stereocenters. The fraction of sp³-hybridized carbons (Fsp3) is 0.619. The van der Waals surface area contributed by atoms with Gasteiger partial charge >= 0.3 is 0 Å². The van der Waals surface area contributed by atoms with E-state index < -0.39 is 0 Å². The van der Waals surface area contributed by atoms with Gasteiger partial charge in [0.05, 0.1) is 6.10 Å². The second-order valence-electron chi connectivity index (χ2n) is 7.48. The van der Waals surface area contributed by atoms with E-state index in [9.17, 15) is 5.11 Å². The third-order valence-corrected chi connectivity index (χ3v) is 5.91. The van der Waals surface area contributed by atoms with Crippen molar-refractivity contribution in [3.05, 3.63) is 42.0 Å². The standard InChI is InChI=1S/C21H30O2/c22-12-6-2-5-9-17-13-18-15-21(23)19(20(18)14-17)11-10-16-7-3-1-4-8-16/h1,3-4,7-8,10-11,17-23H,2,5-6,9,12-15H2/b11-10+/t17?,18-,19+,20-,21+/m0/s1. The van der Waals surface area contributed by atoms with Gasteiger partial charge in [0, 0.05) is 12.5 Å². The van der Waals surface area contributed by atoms with Crippen molar-refractivity contribution in [3.8, 4) is 0 Å². The van der Waals surface area contributed by atoms with Crippen LogP contribution in [-0.4, -0.2) is 22.9 Å². The number of rotatable bonds is 7. The zero-order chi connectivity index (χ0) is 16.1. The van der Waals surface area contributed by atoms with Gasteiger partial charge in [-0.2, -0.15) is 0 Å². The first-order valence-electron chi connectivity index (χ1n) is 9.30. The lowest BCUT2D eigenvalue weighted by Crippen LogP contribution is -2.17. The SMILES string of the molecule is OCCCCCC1C[C@H]2C[C@@H](O)[C@H](/C=C/c3ccccc3)[C@H]2C1. The maximum atomic E-state index is 10.4. The van der Waals surface area contributed by atoms with Crippen LogP contribution >= 0.6 is 0 Å². The van der Waals surface area contributed by atoms with Crippen LogP contribution in [0.1, 0.15) is 50.5 Å². The molecule has 0 bridgehead atoms. The Morgan fingerprint density at radius 3 is 2.61 bits per heavy atom. The minimum Gasteiger partial charge on any atom is -0.396 e. The Balaban J connectivity index is 1.54. The second-order valence-corrected chi connectivity index (χ2v) is 7.48. The molecule has 1 aromatic rings. The maximum Gasteiger partial charge on any atom is 0.0608 e. The van der Waals surface area contributed by atoms with Crippen LogP contribution in [0.15, 0.2) is 36.4 Å². The third kappa shape index (κ3) is 4.24. The number of hydrogen-bond acceptors (Lipinski definition) is 2. The van der Waals surface area contributed by atoms with Gasteiger partial charge in [0.15, 0.2) is 0 Å². The minimum atomic E-state index is -0.152. The predicted octanol–water partition coefficient (Wildman–Crippen LogP) is 4.28. The van der Waals surface area contributed by atoms with E-state index in [2.05, 4.69) is 36.4 Å². The molecule has 0 saturated heterocycles. The van der Waals surface area contributed by atoms with E-state index in [4.69, 9.17) is 5.11 Å². The van der Waals surface area contributed by atoms with Crippen molar-refractivity contribution in [1.82, 2.24) is 0 Å². The van der Waals surface area contributed by atoms with Crippen LogP contribution in [0.25, 0.3) is 6.08 Å². The summed E-state index contributed by atoms with van der Waals surface area (Å²) in [6.45, 7) is 0.328. The first-order chi connectivity index (χ1) is 11.3. The number of unbranched alkanes of at least 4 members (excludes halogenated alkanes) is 2. The van der Waals surface area contributed by atoms with Gasteiger partial charge in [-0.1, -0.05) is 61.7 Å². The molecular formula is C21H30O2. The first-order valence-corrected chi connectivity index (χ1v) is 9.30. The summed E-state index contributed by atoms with van der Waals surface area (Å²) in [7, 11) is 0. The lowest BCUT2D eigenvalue weighted by atomic mass is 9.89. The molecule has 2 N–H and O–H groups in total. The van der Waals surface area contributed by atoms with Crippen molar-refractivity contribution in [1.29, 1.82) is 0 Å². The van der Waals surface area contributed by atoms with E-state index in [1.54, 1.807) is 0 Å². The van der Waals surface area contributed by atoms with Crippen molar-refractivity contribution in [2.75, 3.05) is 6.61 Å². The Labute approximate surface area is 140 Å². The summed E-state index contributed by atoms with van der Waals surface area (Å²) in [5.74, 6) is 2.57. The van der Waals surface area contributed by atoms with Crippen molar-refractivity contribution in [3.63, 3.8) is 0 Å². The van der Waals surface area contributed by atoms with E-state index in [1.807, 2.05) is 6.07 Å². The molecule has 2 aliphatic carbocycles. The van der Waals surface area contributed by atoms with Crippen molar-refractivity contribution < 1.29 is 10.2 Å². The minimum absolute atomic E-state index is 0.152. The smallest absolute Gasteiger partial charge is 0.0608 e. The van der Waals surface area contributed by atoms with Crippen LogP contribution in [-0.2, 0) is 0 Å². The van der Waals surface area contributed by atoms with E-state index >= 15 is 0 Å². The number of fused-ring (bicyclic) bond motifs is 1. The molecule has 2 heteroatoms. The molecule has 126 valence electrons. The third-order valence-electron chi connectivity index (χ3n) is 5.91. The van der Waals surface area contributed by atoms with Crippen LogP contribution in [0, 0.1) is 23.7 Å². The normalized spacial score (nSPS) is 33.4. The molecule has 0 heterocycles. The molecule has 0 amide bonds. The molecule has 0 spiro atoms. The monoisotopic (exact) mass is 314 g/mol. The van der Waals surface area contributed by atoms with E-state index in [1.165, 1.54) is 31.2 Å². The van der Waals surface area contributed by atoms with Gasteiger partial charge in [0.1, 0.15) is 0 Å². The summed E-state index contributed by atoms with van der Waals surface area (Å²) in [4.78, 5) is 0. The molecule has 3 rings (SSSR count). The quantitative estimate of drug-likeness (QED) is 0.738. The maximum absolute atomic E-state index is 10.4. The highest BCUT2D eigenvalue weighted by Crippen LogP contribution is 2.51. The Hall–Kier alpha value is -1.12. The zero-order valence-corrected chi connectivity index (χ0v) is 14.0. The highest BCUT2D eigenvalue weighted by molar-refractivity contribution is 5.49. The molecule has 2 fully saturated rings. The topological polar surface area (TPSA) is 40.5 Å². The summed E-state index contributed by atoms with van der Waals surface area (Å²) in [6, 6.07) is 10.4. The molecule has 1 aromatic carbocycles. The van der Waals surface area contributed by atoms with E-state index in [0.717, 1.165) is 31.1 Å². The Morgan fingerprint density at radius 2 is 1.83 bits per heavy atom. The van der Waals surface area contributed by atoms with Gasteiger partial charge in [-0.25, -0.2) is 0 Å². The fourth-order valence-electron chi connectivity index (χ4n) is 4.79.